The van der Waals surface area contributed by atoms with Gasteiger partial charge in [0.2, 0.25) is 5.58 Å². The fourth-order valence-corrected chi connectivity index (χ4v) is 0.988. The van der Waals surface area contributed by atoms with Gasteiger partial charge in [0.25, 0.3) is 0 Å². The summed E-state index contributed by atoms with van der Waals surface area (Å²) in [6, 6.07) is 4.70. The van der Waals surface area contributed by atoms with Crippen LogP contribution in [0.25, 0.3) is 11.0 Å². The second-order valence-electron chi connectivity index (χ2n) is 2.28. The van der Waals surface area contributed by atoms with Crippen molar-refractivity contribution in [2.45, 2.75) is 0 Å². The average Bonchev–Trinajstić information content (AvgIpc) is 2.53. The number of hydrogen-bond donors (Lipinski definition) is 0. The molecule has 0 unspecified atom stereocenters. The van der Waals surface area contributed by atoms with Gasteiger partial charge in [-0.3, -0.25) is 0 Å². The van der Waals surface area contributed by atoms with Crippen LogP contribution in [0.3, 0.4) is 0 Å². The number of benzene rings is 1. The van der Waals surface area contributed by atoms with E-state index in [9.17, 15) is 4.39 Å². The van der Waals surface area contributed by atoms with Gasteiger partial charge < -0.3 is 4.52 Å². The van der Waals surface area contributed by atoms with E-state index in [1.165, 1.54) is 12.3 Å². The Hall–Kier alpha value is -1.89. The lowest BCUT2D eigenvalue weighted by Gasteiger charge is -1.90. The molecule has 58 valence electrons. The standard InChI is InChI=1S/C8H3FN2O/c9-7-5(3-10)1-2-6-4-11-12-8(6)7/h1-2,4H. The van der Waals surface area contributed by atoms with Crippen LogP contribution in [0.1, 0.15) is 5.56 Å². The highest BCUT2D eigenvalue weighted by atomic mass is 19.1. The van der Waals surface area contributed by atoms with Crippen molar-refractivity contribution < 1.29 is 8.91 Å². The SMILES string of the molecule is N#Cc1ccc2cnoc2c1F. The minimum Gasteiger partial charge on any atom is -0.353 e. The maximum Gasteiger partial charge on any atom is 0.203 e. The Labute approximate surface area is 67.0 Å². The zero-order valence-corrected chi connectivity index (χ0v) is 5.91. The third-order valence-electron chi connectivity index (χ3n) is 1.58. The van der Waals surface area contributed by atoms with Crippen molar-refractivity contribution in [1.29, 1.82) is 5.26 Å². The predicted molar refractivity (Wildman–Crippen MR) is 38.7 cm³/mol. The highest BCUT2D eigenvalue weighted by Crippen LogP contribution is 2.19. The quantitative estimate of drug-likeness (QED) is 0.593. The molecule has 1 heterocycles. The topological polar surface area (TPSA) is 49.8 Å². The molecule has 1 aromatic heterocycles. The summed E-state index contributed by atoms with van der Waals surface area (Å²) in [5.41, 5.74) is 0.00769. The number of fused-ring (bicyclic) bond motifs is 1. The molecule has 4 heteroatoms. The number of nitriles is 1. The molecule has 0 atom stereocenters. The normalized spacial score (nSPS) is 10.0. The van der Waals surface area contributed by atoms with Crippen molar-refractivity contribution in [3.8, 4) is 6.07 Å². The number of hydrogen-bond acceptors (Lipinski definition) is 3. The molecule has 0 aliphatic heterocycles. The summed E-state index contributed by atoms with van der Waals surface area (Å²) in [6.07, 6.45) is 1.40. The molecular formula is C8H3FN2O. The zero-order chi connectivity index (χ0) is 8.55. The fraction of sp³-hybridized carbons (Fsp3) is 0. The fourth-order valence-electron chi connectivity index (χ4n) is 0.988. The monoisotopic (exact) mass is 162 g/mol. The van der Waals surface area contributed by atoms with Gasteiger partial charge in [-0.1, -0.05) is 5.16 Å². The van der Waals surface area contributed by atoms with Gasteiger partial charge in [-0.15, -0.1) is 0 Å². The van der Waals surface area contributed by atoms with Crippen molar-refractivity contribution in [3.63, 3.8) is 0 Å². The van der Waals surface area contributed by atoms with E-state index in [4.69, 9.17) is 5.26 Å². The summed E-state index contributed by atoms with van der Waals surface area (Å²) in [5, 5.41) is 12.4. The second-order valence-corrected chi connectivity index (χ2v) is 2.28. The third kappa shape index (κ3) is 0.768. The molecule has 0 radical (unpaired) electrons. The average molecular weight is 162 g/mol. The molecule has 0 aliphatic rings. The second kappa shape index (κ2) is 2.31. The Kier molecular flexibility index (Phi) is 1.31. The first-order valence-corrected chi connectivity index (χ1v) is 3.26. The molecule has 0 aliphatic carbocycles. The van der Waals surface area contributed by atoms with Crippen LogP contribution in [0.5, 0.6) is 0 Å². The van der Waals surface area contributed by atoms with E-state index in [-0.39, 0.29) is 11.1 Å². The maximum atomic E-state index is 13.1. The van der Waals surface area contributed by atoms with Crippen LogP contribution in [0.4, 0.5) is 4.39 Å². The summed E-state index contributed by atoms with van der Waals surface area (Å²) >= 11 is 0. The number of nitrogens with zero attached hydrogens (tertiary/aromatic N) is 2. The van der Waals surface area contributed by atoms with E-state index in [0.29, 0.717) is 5.39 Å². The Morgan fingerprint density at radius 2 is 2.33 bits per heavy atom. The van der Waals surface area contributed by atoms with Gasteiger partial charge in [-0.05, 0) is 12.1 Å². The Bertz CT molecular complexity index is 469. The van der Waals surface area contributed by atoms with Crippen LogP contribution in [-0.2, 0) is 0 Å². The zero-order valence-electron chi connectivity index (χ0n) is 5.91. The Morgan fingerprint density at radius 3 is 3.08 bits per heavy atom. The van der Waals surface area contributed by atoms with E-state index >= 15 is 0 Å². The molecule has 0 spiro atoms. The molecular weight excluding hydrogens is 159 g/mol. The van der Waals surface area contributed by atoms with Crippen molar-refractivity contribution in [2.24, 2.45) is 0 Å². The minimum absolute atomic E-state index is 0.0285. The molecule has 0 saturated carbocycles. The van der Waals surface area contributed by atoms with Crippen LogP contribution in [0.15, 0.2) is 22.9 Å². The van der Waals surface area contributed by atoms with Crippen molar-refractivity contribution >= 4 is 11.0 Å². The van der Waals surface area contributed by atoms with Crippen molar-refractivity contribution in [2.75, 3.05) is 0 Å². The van der Waals surface area contributed by atoms with E-state index in [0.717, 1.165) is 0 Å². The van der Waals surface area contributed by atoms with E-state index in [2.05, 4.69) is 9.68 Å². The summed E-state index contributed by atoms with van der Waals surface area (Å²) in [7, 11) is 0. The van der Waals surface area contributed by atoms with E-state index < -0.39 is 5.82 Å². The van der Waals surface area contributed by atoms with Gasteiger partial charge in [0.1, 0.15) is 6.07 Å². The number of halogens is 1. The molecule has 0 bridgehead atoms. The first-order valence-electron chi connectivity index (χ1n) is 3.26. The van der Waals surface area contributed by atoms with Crippen LogP contribution >= 0.6 is 0 Å². The van der Waals surface area contributed by atoms with Gasteiger partial charge in [0.15, 0.2) is 5.82 Å². The molecule has 3 nitrogen and oxygen atoms in total. The molecule has 0 saturated heterocycles. The summed E-state index contributed by atoms with van der Waals surface area (Å²) < 4.78 is 17.8. The number of aromatic nitrogens is 1. The van der Waals surface area contributed by atoms with Gasteiger partial charge in [0, 0.05) is 5.39 Å². The maximum absolute atomic E-state index is 13.1. The molecule has 0 amide bonds. The molecule has 2 aromatic rings. The first-order chi connectivity index (χ1) is 5.83. The van der Waals surface area contributed by atoms with Gasteiger partial charge in [-0.25, -0.2) is 4.39 Å². The van der Waals surface area contributed by atoms with Crippen molar-refractivity contribution in [3.05, 3.63) is 29.7 Å². The first kappa shape index (κ1) is 6.80. The highest BCUT2D eigenvalue weighted by Gasteiger charge is 2.09. The molecule has 1 aromatic carbocycles. The summed E-state index contributed by atoms with van der Waals surface area (Å²) in [6.45, 7) is 0. The largest absolute Gasteiger partial charge is 0.353 e. The third-order valence-corrected chi connectivity index (χ3v) is 1.58. The smallest absolute Gasteiger partial charge is 0.203 e. The molecule has 0 N–H and O–H groups in total. The lowest BCUT2D eigenvalue weighted by Crippen LogP contribution is -1.82. The lowest BCUT2D eigenvalue weighted by atomic mass is 10.2. The molecule has 0 fully saturated rings. The lowest BCUT2D eigenvalue weighted by molar-refractivity contribution is 0.440. The number of rotatable bonds is 0. The Balaban J connectivity index is 2.89. The Morgan fingerprint density at radius 1 is 1.50 bits per heavy atom. The van der Waals surface area contributed by atoms with Crippen LogP contribution in [0, 0.1) is 17.1 Å². The van der Waals surface area contributed by atoms with Crippen LogP contribution in [0.2, 0.25) is 0 Å². The summed E-state index contributed by atoms with van der Waals surface area (Å²) in [4.78, 5) is 0. The minimum atomic E-state index is -0.646. The van der Waals surface area contributed by atoms with E-state index in [1.54, 1.807) is 12.1 Å². The summed E-state index contributed by atoms with van der Waals surface area (Å²) in [5.74, 6) is -0.646. The van der Waals surface area contributed by atoms with Crippen LogP contribution in [-0.4, -0.2) is 5.16 Å². The van der Waals surface area contributed by atoms with Gasteiger partial charge in [0.05, 0.1) is 11.8 Å². The van der Waals surface area contributed by atoms with Gasteiger partial charge in [-0.2, -0.15) is 5.26 Å². The van der Waals surface area contributed by atoms with E-state index in [1.807, 2.05) is 0 Å². The van der Waals surface area contributed by atoms with Crippen LogP contribution < -0.4 is 0 Å². The van der Waals surface area contributed by atoms with Gasteiger partial charge >= 0.3 is 0 Å². The predicted octanol–water partition coefficient (Wildman–Crippen LogP) is 1.84. The van der Waals surface area contributed by atoms with Crippen molar-refractivity contribution in [1.82, 2.24) is 5.16 Å². The molecule has 12 heavy (non-hydrogen) atoms. The highest BCUT2D eigenvalue weighted by molar-refractivity contribution is 5.78. The molecule has 2 rings (SSSR count).